The molecule has 2 rings (SSSR count). The van der Waals surface area contributed by atoms with Crippen LogP contribution in [0.4, 0.5) is 18.9 Å². The second-order valence-electron chi connectivity index (χ2n) is 4.82. The molecule has 0 radical (unpaired) electrons. The zero-order valence-electron chi connectivity index (χ0n) is 9.51. The van der Waals surface area contributed by atoms with Gasteiger partial charge in [-0.2, -0.15) is 13.2 Å². The van der Waals surface area contributed by atoms with E-state index >= 15 is 0 Å². The van der Waals surface area contributed by atoms with E-state index in [-0.39, 0.29) is 5.91 Å². The van der Waals surface area contributed by atoms with Crippen molar-refractivity contribution in [3.8, 4) is 0 Å². The molecule has 1 aliphatic rings. The van der Waals surface area contributed by atoms with E-state index in [0.717, 1.165) is 12.1 Å². The summed E-state index contributed by atoms with van der Waals surface area (Å²) in [7, 11) is 0. The Bertz CT molecular complexity index is 448. The van der Waals surface area contributed by atoms with E-state index in [1.165, 1.54) is 17.0 Å². The van der Waals surface area contributed by atoms with Crippen molar-refractivity contribution in [1.29, 1.82) is 0 Å². The summed E-state index contributed by atoms with van der Waals surface area (Å²) in [6.07, 6.45) is -4.34. The second-order valence-corrected chi connectivity index (χ2v) is 4.82. The molecule has 5 heteroatoms. The molecule has 0 unspecified atom stereocenters. The van der Waals surface area contributed by atoms with Gasteiger partial charge < -0.3 is 4.90 Å². The zero-order valence-corrected chi connectivity index (χ0v) is 9.51. The summed E-state index contributed by atoms with van der Waals surface area (Å²) < 4.78 is 37.0. The fourth-order valence-electron chi connectivity index (χ4n) is 1.85. The summed E-state index contributed by atoms with van der Waals surface area (Å²) in [4.78, 5) is 13.2. The zero-order chi connectivity index (χ0) is 12.8. The van der Waals surface area contributed by atoms with Gasteiger partial charge in [-0.15, -0.1) is 0 Å². The molecule has 1 saturated heterocycles. The summed E-state index contributed by atoms with van der Waals surface area (Å²) in [5.74, 6) is -0.0581. The summed E-state index contributed by atoms with van der Waals surface area (Å²) in [6, 6.07) is 4.65. The molecule has 17 heavy (non-hydrogen) atoms. The number of hydrogen-bond acceptors (Lipinski definition) is 1. The molecule has 1 fully saturated rings. The highest BCUT2D eigenvalue weighted by Gasteiger charge is 2.44. The first kappa shape index (κ1) is 12.0. The second kappa shape index (κ2) is 3.48. The van der Waals surface area contributed by atoms with Crippen LogP contribution in [0.3, 0.4) is 0 Å². The normalized spacial score (nSPS) is 19.1. The minimum absolute atomic E-state index is 0.0581. The maximum atomic E-state index is 12.3. The molecule has 0 atom stereocenters. The quantitative estimate of drug-likeness (QED) is 0.694. The van der Waals surface area contributed by atoms with Gasteiger partial charge in [0.2, 0.25) is 5.91 Å². The van der Waals surface area contributed by atoms with Crippen molar-refractivity contribution in [2.75, 3.05) is 11.4 Å². The first-order chi connectivity index (χ1) is 7.72. The number of amides is 1. The van der Waals surface area contributed by atoms with Crippen LogP contribution >= 0.6 is 0 Å². The average molecular weight is 243 g/mol. The third kappa shape index (κ3) is 2.01. The van der Waals surface area contributed by atoms with Crippen molar-refractivity contribution in [3.05, 3.63) is 29.8 Å². The molecule has 0 saturated carbocycles. The van der Waals surface area contributed by atoms with E-state index in [4.69, 9.17) is 0 Å². The highest BCUT2D eigenvalue weighted by atomic mass is 19.4. The lowest BCUT2D eigenvalue weighted by molar-refractivity contribution is -0.137. The number of anilines is 1. The predicted molar refractivity (Wildman–Crippen MR) is 57.6 cm³/mol. The van der Waals surface area contributed by atoms with Crippen LogP contribution in [0.1, 0.15) is 19.4 Å². The van der Waals surface area contributed by atoms with Gasteiger partial charge in [-0.25, -0.2) is 0 Å². The number of rotatable bonds is 1. The molecular weight excluding hydrogens is 231 g/mol. The summed E-state index contributed by atoms with van der Waals surface area (Å²) in [5.41, 5.74) is -0.585. The Morgan fingerprint density at radius 1 is 1.18 bits per heavy atom. The molecule has 92 valence electrons. The molecule has 1 aliphatic heterocycles. The molecule has 2 nitrogen and oxygen atoms in total. The van der Waals surface area contributed by atoms with Crippen LogP contribution < -0.4 is 4.90 Å². The first-order valence-electron chi connectivity index (χ1n) is 5.21. The monoisotopic (exact) mass is 243 g/mol. The van der Waals surface area contributed by atoms with Crippen LogP contribution in [0, 0.1) is 5.41 Å². The van der Waals surface area contributed by atoms with Gasteiger partial charge in [0.1, 0.15) is 0 Å². The Kier molecular flexibility index (Phi) is 2.45. The molecule has 0 aromatic heterocycles. The van der Waals surface area contributed by atoms with Crippen LogP contribution in [0.25, 0.3) is 0 Å². The summed E-state index contributed by atoms with van der Waals surface area (Å²) in [6.45, 7) is 4.17. The standard InChI is InChI=1S/C12H12F3NO/c1-11(2)7-16(10(11)17)9-5-3-8(4-6-9)12(13,14)15/h3-6H,7H2,1-2H3. The molecule has 0 N–H and O–H groups in total. The average Bonchev–Trinajstić information content (AvgIpc) is 2.25. The third-order valence-electron chi connectivity index (χ3n) is 2.88. The van der Waals surface area contributed by atoms with Crippen molar-refractivity contribution in [2.24, 2.45) is 5.41 Å². The maximum Gasteiger partial charge on any atom is 0.416 e. The molecule has 1 heterocycles. The Morgan fingerprint density at radius 3 is 2.06 bits per heavy atom. The molecular formula is C12H12F3NO. The van der Waals surface area contributed by atoms with Crippen molar-refractivity contribution in [3.63, 3.8) is 0 Å². The molecule has 1 aromatic carbocycles. The topological polar surface area (TPSA) is 20.3 Å². The smallest absolute Gasteiger partial charge is 0.311 e. The van der Waals surface area contributed by atoms with Gasteiger partial charge in [0, 0.05) is 12.2 Å². The van der Waals surface area contributed by atoms with Crippen LogP contribution in [0.2, 0.25) is 0 Å². The Labute approximate surface area is 97.0 Å². The van der Waals surface area contributed by atoms with Gasteiger partial charge in [-0.3, -0.25) is 4.79 Å². The Hall–Kier alpha value is -1.52. The van der Waals surface area contributed by atoms with Gasteiger partial charge in [-0.1, -0.05) is 0 Å². The predicted octanol–water partition coefficient (Wildman–Crippen LogP) is 3.08. The number of β-lactam (4-membered cyclic amide) rings is 1. The van der Waals surface area contributed by atoms with Gasteiger partial charge in [-0.05, 0) is 38.1 Å². The number of benzene rings is 1. The summed E-state index contributed by atoms with van der Waals surface area (Å²) in [5, 5.41) is 0. The minimum Gasteiger partial charge on any atom is -0.311 e. The highest BCUT2D eigenvalue weighted by Crippen LogP contribution is 2.36. The van der Waals surface area contributed by atoms with Gasteiger partial charge in [0.25, 0.3) is 0 Å². The lowest BCUT2D eigenvalue weighted by Crippen LogP contribution is -2.58. The number of hydrogen-bond donors (Lipinski definition) is 0. The maximum absolute atomic E-state index is 12.3. The first-order valence-corrected chi connectivity index (χ1v) is 5.21. The minimum atomic E-state index is -4.34. The lowest BCUT2D eigenvalue weighted by Gasteiger charge is -2.44. The molecule has 0 bridgehead atoms. The van der Waals surface area contributed by atoms with E-state index < -0.39 is 17.2 Å². The van der Waals surface area contributed by atoms with E-state index in [0.29, 0.717) is 12.2 Å². The molecule has 0 aliphatic carbocycles. The Balaban J connectivity index is 2.18. The number of carbonyl (C=O) groups is 1. The lowest BCUT2D eigenvalue weighted by atomic mass is 9.82. The van der Waals surface area contributed by atoms with Crippen LogP contribution in [0.5, 0.6) is 0 Å². The van der Waals surface area contributed by atoms with E-state index in [1.807, 2.05) is 13.8 Å². The van der Waals surface area contributed by atoms with Crippen LogP contribution in [0.15, 0.2) is 24.3 Å². The highest BCUT2D eigenvalue weighted by molar-refractivity contribution is 6.03. The van der Waals surface area contributed by atoms with Gasteiger partial charge in [0.05, 0.1) is 11.0 Å². The number of carbonyl (C=O) groups excluding carboxylic acids is 1. The van der Waals surface area contributed by atoms with Crippen molar-refractivity contribution >= 4 is 11.6 Å². The van der Waals surface area contributed by atoms with E-state index in [1.54, 1.807) is 0 Å². The number of nitrogens with zero attached hydrogens (tertiary/aromatic N) is 1. The SMILES string of the molecule is CC1(C)CN(c2ccc(C(F)(F)F)cc2)C1=O. The van der Waals surface area contributed by atoms with E-state index in [9.17, 15) is 18.0 Å². The van der Waals surface area contributed by atoms with E-state index in [2.05, 4.69) is 0 Å². The largest absolute Gasteiger partial charge is 0.416 e. The third-order valence-corrected chi connectivity index (χ3v) is 2.88. The number of alkyl halides is 3. The fraction of sp³-hybridized carbons (Fsp3) is 0.417. The van der Waals surface area contributed by atoms with Crippen molar-refractivity contribution in [1.82, 2.24) is 0 Å². The van der Waals surface area contributed by atoms with Gasteiger partial charge in [0.15, 0.2) is 0 Å². The fourth-order valence-corrected chi connectivity index (χ4v) is 1.85. The molecule has 0 spiro atoms. The molecule has 1 aromatic rings. The van der Waals surface area contributed by atoms with Crippen molar-refractivity contribution in [2.45, 2.75) is 20.0 Å². The summed E-state index contributed by atoms with van der Waals surface area (Å²) >= 11 is 0. The van der Waals surface area contributed by atoms with Crippen molar-refractivity contribution < 1.29 is 18.0 Å². The van der Waals surface area contributed by atoms with Gasteiger partial charge >= 0.3 is 6.18 Å². The van der Waals surface area contributed by atoms with Crippen LogP contribution in [-0.2, 0) is 11.0 Å². The van der Waals surface area contributed by atoms with Crippen LogP contribution in [-0.4, -0.2) is 12.5 Å². The molecule has 1 amide bonds. The Morgan fingerprint density at radius 2 is 1.71 bits per heavy atom. The number of halogens is 3.